The van der Waals surface area contributed by atoms with Crippen molar-refractivity contribution in [3.8, 4) is 0 Å². The second-order valence-corrected chi connectivity index (χ2v) is 3.62. The van der Waals surface area contributed by atoms with Crippen molar-refractivity contribution >= 4 is 17.8 Å². The van der Waals surface area contributed by atoms with E-state index in [1.807, 2.05) is 18.2 Å². The zero-order valence-corrected chi connectivity index (χ0v) is 9.00. The fourth-order valence-electron chi connectivity index (χ4n) is 1.02. The van der Waals surface area contributed by atoms with Crippen LogP contribution >= 0.6 is 11.8 Å². The first-order chi connectivity index (χ1) is 6.86. The highest BCUT2D eigenvalue weighted by Crippen LogP contribution is 2.15. The summed E-state index contributed by atoms with van der Waals surface area (Å²) in [5.41, 5.74) is 1.17. The van der Waals surface area contributed by atoms with E-state index in [1.165, 1.54) is 10.5 Å². The van der Waals surface area contributed by atoms with Crippen molar-refractivity contribution in [3.63, 3.8) is 0 Å². The lowest BCUT2D eigenvalue weighted by Gasteiger charge is -1.95. The summed E-state index contributed by atoms with van der Waals surface area (Å²) in [6, 6.07) is 8.35. The van der Waals surface area contributed by atoms with E-state index in [1.54, 1.807) is 17.8 Å². The van der Waals surface area contributed by atoms with Gasteiger partial charge in [0.15, 0.2) is 0 Å². The van der Waals surface area contributed by atoms with Crippen molar-refractivity contribution in [1.82, 2.24) is 0 Å². The van der Waals surface area contributed by atoms with Gasteiger partial charge in [0.1, 0.15) is 0 Å². The van der Waals surface area contributed by atoms with E-state index in [0.717, 1.165) is 0 Å². The average Bonchev–Trinajstić information content (AvgIpc) is 2.25. The smallest absolute Gasteiger partial charge is 0.0615 e. The average molecular weight is 206 g/mol. The molecular formula is C12H14OS. The maximum atomic E-state index is 8.51. The van der Waals surface area contributed by atoms with Gasteiger partial charge in [-0.2, -0.15) is 0 Å². The number of hydrogen-bond donors (Lipinski definition) is 1. The van der Waals surface area contributed by atoms with Crippen LogP contribution in [0.4, 0.5) is 0 Å². The molecule has 0 bridgehead atoms. The Bertz CT molecular complexity index is 312. The molecule has 1 aromatic carbocycles. The minimum absolute atomic E-state index is 0.0930. The molecule has 1 nitrogen and oxygen atoms in total. The number of hydrogen-bond acceptors (Lipinski definition) is 2. The largest absolute Gasteiger partial charge is 0.392 e. The molecule has 0 aliphatic heterocycles. The lowest BCUT2D eigenvalue weighted by molar-refractivity contribution is 0.343. The molecule has 1 rings (SSSR count). The summed E-state index contributed by atoms with van der Waals surface area (Å²) in [6.45, 7) is 0.0930. The molecule has 0 amide bonds. The van der Waals surface area contributed by atoms with Gasteiger partial charge in [-0.15, -0.1) is 11.8 Å². The minimum atomic E-state index is 0.0930. The Kier molecular flexibility index (Phi) is 5.12. The molecule has 0 fully saturated rings. The van der Waals surface area contributed by atoms with Gasteiger partial charge in [0, 0.05) is 4.90 Å². The SMILES string of the molecule is CSc1ccc(/C=C/C=C/CO)cc1. The maximum absolute atomic E-state index is 8.51. The van der Waals surface area contributed by atoms with E-state index in [4.69, 9.17) is 5.11 Å². The summed E-state index contributed by atoms with van der Waals surface area (Å²) in [6.07, 6.45) is 9.53. The normalized spacial score (nSPS) is 11.6. The van der Waals surface area contributed by atoms with Gasteiger partial charge in [-0.25, -0.2) is 0 Å². The number of aliphatic hydroxyl groups excluding tert-OH is 1. The highest BCUT2D eigenvalue weighted by molar-refractivity contribution is 7.98. The molecule has 1 aromatic rings. The highest BCUT2D eigenvalue weighted by Gasteiger charge is 1.88. The Labute approximate surface area is 89.2 Å². The van der Waals surface area contributed by atoms with Gasteiger partial charge in [-0.1, -0.05) is 36.4 Å². The Balaban J connectivity index is 2.59. The predicted octanol–water partition coefficient (Wildman–Crippen LogP) is 2.97. The van der Waals surface area contributed by atoms with Crippen LogP contribution in [0, 0.1) is 0 Å². The first-order valence-corrected chi connectivity index (χ1v) is 5.67. The zero-order valence-electron chi connectivity index (χ0n) is 8.18. The quantitative estimate of drug-likeness (QED) is 0.603. The van der Waals surface area contributed by atoms with Gasteiger partial charge in [0.05, 0.1) is 6.61 Å². The second-order valence-electron chi connectivity index (χ2n) is 2.74. The van der Waals surface area contributed by atoms with Crippen LogP contribution < -0.4 is 0 Å². The van der Waals surface area contributed by atoms with E-state index in [9.17, 15) is 0 Å². The summed E-state index contributed by atoms with van der Waals surface area (Å²) in [7, 11) is 0. The molecule has 0 unspecified atom stereocenters. The minimum Gasteiger partial charge on any atom is -0.392 e. The maximum Gasteiger partial charge on any atom is 0.0615 e. The molecule has 74 valence electrons. The number of benzene rings is 1. The lowest BCUT2D eigenvalue weighted by Crippen LogP contribution is -1.72. The van der Waals surface area contributed by atoms with Crippen LogP contribution in [-0.4, -0.2) is 18.0 Å². The molecule has 0 saturated heterocycles. The van der Waals surface area contributed by atoms with Crippen LogP contribution in [0.1, 0.15) is 5.56 Å². The zero-order chi connectivity index (χ0) is 10.2. The van der Waals surface area contributed by atoms with Crippen molar-refractivity contribution < 1.29 is 5.11 Å². The lowest BCUT2D eigenvalue weighted by atomic mass is 10.2. The van der Waals surface area contributed by atoms with E-state index >= 15 is 0 Å². The molecule has 0 heterocycles. The second kappa shape index (κ2) is 6.46. The molecule has 0 radical (unpaired) electrons. The van der Waals surface area contributed by atoms with Gasteiger partial charge in [0.25, 0.3) is 0 Å². The first-order valence-electron chi connectivity index (χ1n) is 4.45. The van der Waals surface area contributed by atoms with Crippen molar-refractivity contribution in [2.24, 2.45) is 0 Å². The predicted molar refractivity (Wildman–Crippen MR) is 63.5 cm³/mol. The Morgan fingerprint density at radius 3 is 2.50 bits per heavy atom. The van der Waals surface area contributed by atoms with Crippen LogP contribution in [0.25, 0.3) is 6.08 Å². The van der Waals surface area contributed by atoms with Gasteiger partial charge < -0.3 is 5.11 Å². The monoisotopic (exact) mass is 206 g/mol. The third-order valence-electron chi connectivity index (χ3n) is 1.76. The van der Waals surface area contributed by atoms with Crippen LogP contribution in [0.5, 0.6) is 0 Å². The Morgan fingerprint density at radius 1 is 1.21 bits per heavy atom. The van der Waals surface area contributed by atoms with Crippen LogP contribution in [-0.2, 0) is 0 Å². The number of aliphatic hydroxyl groups is 1. The fourth-order valence-corrected chi connectivity index (χ4v) is 1.43. The molecule has 1 N–H and O–H groups in total. The van der Waals surface area contributed by atoms with Crippen LogP contribution in [0.15, 0.2) is 47.4 Å². The molecule has 0 aliphatic carbocycles. The standard InChI is InChI=1S/C12H14OS/c1-14-12-8-6-11(7-9-12)5-3-2-4-10-13/h2-9,13H,10H2,1H3/b4-2+,5-3+. The molecule has 0 aromatic heterocycles. The number of rotatable bonds is 4. The number of allylic oxidation sites excluding steroid dienone is 2. The summed E-state index contributed by atoms with van der Waals surface area (Å²) in [5.74, 6) is 0. The third kappa shape index (κ3) is 3.81. The highest BCUT2D eigenvalue weighted by atomic mass is 32.2. The fraction of sp³-hybridized carbons (Fsp3) is 0.167. The summed E-state index contributed by atoms with van der Waals surface area (Å²) in [4.78, 5) is 1.27. The van der Waals surface area contributed by atoms with Gasteiger partial charge in [-0.3, -0.25) is 0 Å². The third-order valence-corrected chi connectivity index (χ3v) is 2.50. The Morgan fingerprint density at radius 2 is 1.93 bits per heavy atom. The van der Waals surface area contributed by atoms with Crippen molar-refractivity contribution in [1.29, 1.82) is 0 Å². The Hall–Kier alpha value is -0.990. The van der Waals surface area contributed by atoms with Gasteiger partial charge in [0.2, 0.25) is 0 Å². The molecule has 14 heavy (non-hydrogen) atoms. The van der Waals surface area contributed by atoms with E-state index in [0.29, 0.717) is 0 Å². The summed E-state index contributed by atoms with van der Waals surface area (Å²) >= 11 is 1.74. The van der Waals surface area contributed by atoms with Gasteiger partial charge in [-0.05, 0) is 24.0 Å². The van der Waals surface area contributed by atoms with E-state index in [-0.39, 0.29) is 6.61 Å². The van der Waals surface area contributed by atoms with Crippen molar-refractivity contribution in [2.45, 2.75) is 4.90 Å². The summed E-state index contributed by atoms with van der Waals surface area (Å²) in [5, 5.41) is 8.51. The number of thioether (sulfide) groups is 1. The van der Waals surface area contributed by atoms with Gasteiger partial charge >= 0.3 is 0 Å². The molecule has 0 spiro atoms. The van der Waals surface area contributed by atoms with Crippen molar-refractivity contribution in [3.05, 3.63) is 48.1 Å². The van der Waals surface area contributed by atoms with Crippen LogP contribution in [0.2, 0.25) is 0 Å². The van der Waals surface area contributed by atoms with Crippen LogP contribution in [0.3, 0.4) is 0 Å². The van der Waals surface area contributed by atoms with E-state index in [2.05, 4.69) is 30.5 Å². The van der Waals surface area contributed by atoms with E-state index < -0.39 is 0 Å². The molecular weight excluding hydrogens is 192 g/mol. The molecule has 0 aliphatic rings. The molecule has 0 saturated carbocycles. The first kappa shape index (κ1) is 11.1. The summed E-state index contributed by atoms with van der Waals surface area (Å²) < 4.78 is 0. The molecule has 2 heteroatoms. The topological polar surface area (TPSA) is 20.2 Å². The van der Waals surface area contributed by atoms with Crippen molar-refractivity contribution in [2.75, 3.05) is 12.9 Å². The molecule has 0 atom stereocenters.